The Bertz CT molecular complexity index is 511. The maximum Gasteiger partial charge on any atom is 0.193 e. The second-order valence-corrected chi connectivity index (χ2v) is 8.11. The summed E-state index contributed by atoms with van der Waals surface area (Å²) in [6.45, 7) is 3.27. The fraction of sp³-hybridized carbons (Fsp3) is 0.688. The Morgan fingerprint density at radius 3 is 2.77 bits per heavy atom. The fourth-order valence-electron chi connectivity index (χ4n) is 3.76. The molecule has 3 rings (SSSR count). The van der Waals surface area contributed by atoms with Gasteiger partial charge in [0, 0.05) is 31.6 Å². The number of halogens is 2. The Balaban J connectivity index is 0.00000176. The number of hydrogen-bond acceptors (Lipinski definition) is 2. The van der Waals surface area contributed by atoms with Gasteiger partial charge in [0.1, 0.15) is 0 Å². The van der Waals surface area contributed by atoms with Crippen molar-refractivity contribution < 1.29 is 0 Å². The van der Waals surface area contributed by atoms with Crippen LogP contribution in [-0.4, -0.2) is 37.5 Å². The standard InChI is InChI=1S/C16H24ClN3S.HI/c1-18-15(19-10-6-13-4-5-14(17)21-13)20-11-9-16(12-20)7-2-3-8-16;/h4-5H,2-3,6-12H2,1H3,(H,18,19);1H. The molecule has 1 saturated carbocycles. The molecular weight excluding hydrogens is 429 g/mol. The van der Waals surface area contributed by atoms with E-state index in [1.807, 2.05) is 13.1 Å². The molecule has 22 heavy (non-hydrogen) atoms. The Hall–Kier alpha value is -0.0100. The summed E-state index contributed by atoms with van der Waals surface area (Å²) in [5.74, 6) is 1.07. The Morgan fingerprint density at radius 1 is 1.36 bits per heavy atom. The molecule has 124 valence electrons. The minimum atomic E-state index is 0. The van der Waals surface area contributed by atoms with Gasteiger partial charge in [0.15, 0.2) is 5.96 Å². The third-order valence-electron chi connectivity index (χ3n) is 4.90. The van der Waals surface area contributed by atoms with Gasteiger partial charge in [-0.1, -0.05) is 24.4 Å². The number of guanidine groups is 1. The molecule has 0 bridgehead atoms. The number of nitrogens with one attached hydrogen (secondary N) is 1. The monoisotopic (exact) mass is 453 g/mol. The minimum absolute atomic E-state index is 0. The van der Waals surface area contributed by atoms with Crippen LogP contribution in [-0.2, 0) is 6.42 Å². The van der Waals surface area contributed by atoms with Gasteiger partial charge in [-0.05, 0) is 43.2 Å². The normalized spacial score (nSPS) is 20.5. The molecular formula is C16H25ClIN3S. The van der Waals surface area contributed by atoms with Crippen molar-refractivity contribution in [3.8, 4) is 0 Å². The van der Waals surface area contributed by atoms with E-state index in [4.69, 9.17) is 11.6 Å². The molecule has 0 amide bonds. The van der Waals surface area contributed by atoms with Crippen molar-refractivity contribution in [1.82, 2.24) is 10.2 Å². The SMILES string of the molecule is CN=C(NCCc1ccc(Cl)s1)N1CCC2(CCCC2)C1.I. The van der Waals surface area contributed by atoms with Crippen molar-refractivity contribution in [3.05, 3.63) is 21.3 Å². The highest BCUT2D eigenvalue weighted by Gasteiger charge is 2.40. The van der Waals surface area contributed by atoms with Gasteiger partial charge in [-0.15, -0.1) is 35.3 Å². The van der Waals surface area contributed by atoms with E-state index in [1.165, 1.54) is 43.5 Å². The summed E-state index contributed by atoms with van der Waals surface area (Å²) < 4.78 is 0.872. The van der Waals surface area contributed by atoms with Crippen molar-refractivity contribution in [2.45, 2.75) is 38.5 Å². The quantitative estimate of drug-likeness (QED) is 0.417. The predicted octanol–water partition coefficient (Wildman–Crippen LogP) is 4.40. The predicted molar refractivity (Wildman–Crippen MR) is 107 cm³/mol. The molecule has 1 N–H and O–H groups in total. The summed E-state index contributed by atoms with van der Waals surface area (Å²) >= 11 is 7.63. The number of thiophene rings is 1. The first-order valence-electron chi connectivity index (χ1n) is 7.91. The van der Waals surface area contributed by atoms with Gasteiger partial charge >= 0.3 is 0 Å². The van der Waals surface area contributed by atoms with Crippen LogP contribution in [0, 0.1) is 5.41 Å². The lowest BCUT2D eigenvalue weighted by Crippen LogP contribution is -2.41. The number of hydrogen-bond donors (Lipinski definition) is 1. The molecule has 1 aromatic heterocycles. The van der Waals surface area contributed by atoms with Crippen LogP contribution in [0.1, 0.15) is 37.0 Å². The second kappa shape index (κ2) is 8.20. The summed E-state index contributed by atoms with van der Waals surface area (Å²) in [4.78, 5) is 8.25. The van der Waals surface area contributed by atoms with E-state index < -0.39 is 0 Å². The van der Waals surface area contributed by atoms with Gasteiger partial charge in [-0.3, -0.25) is 4.99 Å². The molecule has 1 aliphatic carbocycles. The van der Waals surface area contributed by atoms with E-state index in [-0.39, 0.29) is 24.0 Å². The van der Waals surface area contributed by atoms with Gasteiger partial charge in [-0.25, -0.2) is 0 Å². The number of likely N-dealkylation sites (tertiary alicyclic amines) is 1. The third kappa shape index (κ3) is 4.29. The molecule has 0 unspecified atom stereocenters. The van der Waals surface area contributed by atoms with Crippen molar-refractivity contribution in [1.29, 1.82) is 0 Å². The molecule has 2 aliphatic rings. The van der Waals surface area contributed by atoms with Crippen LogP contribution in [0.4, 0.5) is 0 Å². The van der Waals surface area contributed by atoms with E-state index in [0.717, 1.165) is 29.8 Å². The number of rotatable bonds is 3. The van der Waals surface area contributed by atoms with Crippen LogP contribution < -0.4 is 5.32 Å². The van der Waals surface area contributed by atoms with E-state index in [0.29, 0.717) is 5.41 Å². The lowest BCUT2D eigenvalue weighted by atomic mass is 9.86. The van der Waals surface area contributed by atoms with E-state index in [9.17, 15) is 0 Å². The zero-order valence-corrected chi connectivity index (χ0v) is 17.0. The van der Waals surface area contributed by atoms with Crippen molar-refractivity contribution in [2.75, 3.05) is 26.7 Å². The Morgan fingerprint density at radius 2 is 2.14 bits per heavy atom. The van der Waals surface area contributed by atoms with Gasteiger partial charge in [0.2, 0.25) is 0 Å². The fourth-order valence-corrected chi connectivity index (χ4v) is 4.85. The molecule has 3 nitrogen and oxygen atoms in total. The summed E-state index contributed by atoms with van der Waals surface area (Å²) in [5.41, 5.74) is 0.596. The largest absolute Gasteiger partial charge is 0.356 e. The summed E-state index contributed by atoms with van der Waals surface area (Å²) in [6.07, 6.45) is 8.00. The first-order valence-corrected chi connectivity index (χ1v) is 9.10. The third-order valence-corrected chi connectivity index (χ3v) is 6.19. The molecule has 6 heteroatoms. The zero-order valence-electron chi connectivity index (χ0n) is 13.1. The molecule has 0 aromatic carbocycles. The van der Waals surface area contributed by atoms with Crippen LogP contribution in [0.2, 0.25) is 4.34 Å². The van der Waals surface area contributed by atoms with Crippen molar-refractivity contribution in [2.24, 2.45) is 10.4 Å². The Labute approximate surface area is 159 Å². The van der Waals surface area contributed by atoms with Gasteiger partial charge in [0.05, 0.1) is 4.34 Å². The smallest absolute Gasteiger partial charge is 0.193 e. The second-order valence-electron chi connectivity index (χ2n) is 6.31. The van der Waals surface area contributed by atoms with Gasteiger partial charge in [-0.2, -0.15) is 0 Å². The molecule has 1 spiro atoms. The lowest BCUT2D eigenvalue weighted by molar-refractivity contribution is 0.309. The first-order chi connectivity index (χ1) is 10.2. The van der Waals surface area contributed by atoms with Gasteiger partial charge in [0.25, 0.3) is 0 Å². The van der Waals surface area contributed by atoms with Gasteiger partial charge < -0.3 is 10.2 Å². The highest BCUT2D eigenvalue weighted by Crippen LogP contribution is 2.45. The minimum Gasteiger partial charge on any atom is -0.356 e. The van der Waals surface area contributed by atoms with Crippen molar-refractivity contribution >= 4 is 52.9 Å². The lowest BCUT2D eigenvalue weighted by Gasteiger charge is -2.25. The topological polar surface area (TPSA) is 27.6 Å². The molecule has 0 radical (unpaired) electrons. The Kier molecular flexibility index (Phi) is 6.83. The molecule has 1 aliphatic heterocycles. The van der Waals surface area contributed by atoms with Crippen LogP contribution in [0.5, 0.6) is 0 Å². The van der Waals surface area contributed by atoms with E-state index in [1.54, 1.807) is 11.3 Å². The molecule has 2 heterocycles. The van der Waals surface area contributed by atoms with Crippen LogP contribution in [0.15, 0.2) is 17.1 Å². The zero-order chi connectivity index (χ0) is 14.7. The molecule has 0 atom stereocenters. The van der Waals surface area contributed by atoms with E-state index >= 15 is 0 Å². The average molecular weight is 454 g/mol. The number of aliphatic imine (C=N–C) groups is 1. The number of nitrogens with zero attached hydrogens (tertiary/aromatic N) is 2. The maximum atomic E-state index is 5.97. The summed E-state index contributed by atoms with van der Waals surface area (Å²) in [7, 11) is 1.89. The summed E-state index contributed by atoms with van der Waals surface area (Å²) in [5, 5.41) is 3.51. The van der Waals surface area contributed by atoms with Crippen LogP contribution in [0.3, 0.4) is 0 Å². The van der Waals surface area contributed by atoms with E-state index in [2.05, 4.69) is 21.3 Å². The molecule has 2 fully saturated rings. The maximum absolute atomic E-state index is 5.97. The van der Waals surface area contributed by atoms with Crippen LogP contribution in [0.25, 0.3) is 0 Å². The van der Waals surface area contributed by atoms with Crippen LogP contribution >= 0.6 is 46.9 Å². The molecule has 1 aromatic rings. The highest BCUT2D eigenvalue weighted by molar-refractivity contribution is 14.0. The highest BCUT2D eigenvalue weighted by atomic mass is 127. The average Bonchev–Trinajstić information content (AvgIpc) is 3.19. The van der Waals surface area contributed by atoms with Crippen molar-refractivity contribution in [3.63, 3.8) is 0 Å². The summed E-state index contributed by atoms with van der Waals surface area (Å²) in [6, 6.07) is 4.08. The molecule has 1 saturated heterocycles. The first kappa shape index (κ1) is 18.3.